The summed E-state index contributed by atoms with van der Waals surface area (Å²) in [5.41, 5.74) is 0. The normalized spacial score (nSPS) is 7.90. The maximum Gasteiger partial charge on any atom is 0.119 e. The summed E-state index contributed by atoms with van der Waals surface area (Å²) in [6.45, 7) is 2.13. The minimum absolute atomic E-state index is 0.744. The van der Waals surface area contributed by atoms with Crippen LogP contribution in [0.1, 0.15) is 32.6 Å². The van der Waals surface area contributed by atoms with Crippen LogP contribution in [-0.4, -0.2) is 20.5 Å². The highest BCUT2D eigenvalue weighted by molar-refractivity contribution is 5.48. The third-order valence-corrected chi connectivity index (χ3v) is 0.926. The summed E-state index contributed by atoms with van der Waals surface area (Å²) >= 11 is 0. The molecular formula is C8H18O2. The van der Waals surface area contributed by atoms with Gasteiger partial charge in [-0.1, -0.05) is 19.8 Å². The molecule has 2 nitrogen and oxygen atoms in total. The molecule has 0 radical (unpaired) electrons. The van der Waals surface area contributed by atoms with Crippen molar-refractivity contribution < 1.29 is 9.53 Å². The molecule has 0 saturated heterocycles. The summed E-state index contributed by atoms with van der Waals surface area (Å²) in [7, 11) is 3.25. The molecule has 0 saturated carbocycles. The van der Waals surface area contributed by atoms with Gasteiger partial charge in [0.15, 0.2) is 0 Å². The lowest BCUT2D eigenvalue weighted by atomic mass is 10.2. The van der Waals surface area contributed by atoms with E-state index in [1.165, 1.54) is 12.8 Å². The van der Waals surface area contributed by atoms with Gasteiger partial charge in [-0.05, 0) is 6.42 Å². The quantitative estimate of drug-likeness (QED) is 0.448. The van der Waals surface area contributed by atoms with Crippen molar-refractivity contribution in [3.63, 3.8) is 0 Å². The van der Waals surface area contributed by atoms with Crippen LogP contribution in [0, 0.1) is 0 Å². The highest BCUT2D eigenvalue weighted by Gasteiger charge is 1.80. The number of ether oxygens (including phenoxy) is 1. The smallest absolute Gasteiger partial charge is 0.119 e. The Morgan fingerprint density at radius 3 is 2.10 bits per heavy atom. The van der Waals surface area contributed by atoms with Crippen molar-refractivity contribution >= 4 is 6.29 Å². The first-order chi connectivity index (χ1) is 4.83. The molecule has 0 atom stereocenters. The van der Waals surface area contributed by atoms with Crippen molar-refractivity contribution in [3.8, 4) is 0 Å². The number of unbranched alkanes of at least 4 members (excludes halogenated alkanes) is 3. The summed E-state index contributed by atoms with van der Waals surface area (Å²) in [5.74, 6) is 0. The molecule has 0 heterocycles. The van der Waals surface area contributed by atoms with Crippen LogP contribution < -0.4 is 0 Å². The maximum atomic E-state index is 9.68. The van der Waals surface area contributed by atoms with Crippen molar-refractivity contribution in [2.24, 2.45) is 0 Å². The third kappa shape index (κ3) is 25.5. The molecule has 0 aromatic carbocycles. The van der Waals surface area contributed by atoms with Gasteiger partial charge < -0.3 is 9.53 Å². The molecular weight excluding hydrogens is 128 g/mol. The molecule has 0 bridgehead atoms. The number of carbonyl (C=O) groups excluding carboxylic acids is 1. The summed E-state index contributed by atoms with van der Waals surface area (Å²) in [6.07, 6.45) is 5.19. The number of hydrogen-bond acceptors (Lipinski definition) is 2. The van der Waals surface area contributed by atoms with E-state index in [0.29, 0.717) is 0 Å². The van der Waals surface area contributed by atoms with Gasteiger partial charge in [0.1, 0.15) is 6.29 Å². The van der Waals surface area contributed by atoms with Crippen LogP contribution in [-0.2, 0) is 9.53 Å². The fourth-order valence-electron chi connectivity index (χ4n) is 0.478. The van der Waals surface area contributed by atoms with Crippen LogP contribution in [0.5, 0.6) is 0 Å². The minimum Gasteiger partial charge on any atom is -0.388 e. The Morgan fingerprint density at radius 2 is 1.80 bits per heavy atom. The van der Waals surface area contributed by atoms with Gasteiger partial charge in [0, 0.05) is 20.6 Å². The lowest BCUT2D eigenvalue weighted by Gasteiger charge is -1.85. The zero-order valence-corrected chi connectivity index (χ0v) is 7.22. The van der Waals surface area contributed by atoms with Crippen LogP contribution in [0.3, 0.4) is 0 Å². The zero-order chi connectivity index (χ0) is 8.24. The van der Waals surface area contributed by atoms with Crippen molar-refractivity contribution in [3.05, 3.63) is 0 Å². The SMILES string of the molecule is CCCCCC=O.COC. The van der Waals surface area contributed by atoms with E-state index in [2.05, 4.69) is 11.7 Å². The molecule has 0 rings (SSSR count). The van der Waals surface area contributed by atoms with E-state index in [0.717, 1.165) is 19.1 Å². The van der Waals surface area contributed by atoms with Crippen LogP contribution in [0.2, 0.25) is 0 Å². The zero-order valence-electron chi connectivity index (χ0n) is 7.22. The van der Waals surface area contributed by atoms with Gasteiger partial charge in [0.2, 0.25) is 0 Å². The van der Waals surface area contributed by atoms with Gasteiger partial charge in [-0.15, -0.1) is 0 Å². The molecule has 0 aromatic heterocycles. The summed E-state index contributed by atoms with van der Waals surface area (Å²) < 4.78 is 4.25. The largest absolute Gasteiger partial charge is 0.388 e. The predicted molar refractivity (Wildman–Crippen MR) is 43.1 cm³/mol. The highest BCUT2D eigenvalue weighted by Crippen LogP contribution is 1.94. The van der Waals surface area contributed by atoms with Gasteiger partial charge in [-0.2, -0.15) is 0 Å². The molecule has 0 aromatic rings. The molecule has 2 heteroatoms. The molecule has 0 N–H and O–H groups in total. The Hall–Kier alpha value is -0.370. The second kappa shape index (κ2) is 15.9. The van der Waals surface area contributed by atoms with E-state index in [4.69, 9.17) is 0 Å². The molecule has 0 aliphatic heterocycles. The van der Waals surface area contributed by atoms with Crippen LogP contribution in [0.25, 0.3) is 0 Å². The fourth-order valence-corrected chi connectivity index (χ4v) is 0.478. The average Bonchev–Trinajstić information content (AvgIpc) is 1.91. The summed E-state index contributed by atoms with van der Waals surface area (Å²) in [4.78, 5) is 9.68. The second-order valence-electron chi connectivity index (χ2n) is 2.07. The number of aldehydes is 1. The molecule has 0 fully saturated rings. The van der Waals surface area contributed by atoms with Crippen molar-refractivity contribution in [1.82, 2.24) is 0 Å². The Balaban J connectivity index is 0. The number of carbonyl (C=O) groups is 1. The molecule has 0 spiro atoms. The Morgan fingerprint density at radius 1 is 1.30 bits per heavy atom. The van der Waals surface area contributed by atoms with Gasteiger partial charge in [-0.3, -0.25) is 0 Å². The monoisotopic (exact) mass is 146 g/mol. The second-order valence-corrected chi connectivity index (χ2v) is 2.07. The van der Waals surface area contributed by atoms with Crippen LogP contribution in [0.15, 0.2) is 0 Å². The first-order valence-electron chi connectivity index (χ1n) is 3.67. The van der Waals surface area contributed by atoms with E-state index in [1.807, 2.05) is 0 Å². The molecule has 0 aliphatic carbocycles. The summed E-state index contributed by atoms with van der Waals surface area (Å²) in [6, 6.07) is 0. The molecule has 62 valence electrons. The standard InChI is InChI=1S/C6H12O.C2H6O/c1-2-3-4-5-6-7;1-3-2/h6H,2-5H2,1H3;1-2H3. The number of methoxy groups -OCH3 is 1. The average molecular weight is 146 g/mol. The Labute approximate surface area is 63.6 Å². The molecule has 0 amide bonds. The van der Waals surface area contributed by atoms with Crippen LogP contribution >= 0.6 is 0 Å². The minimum atomic E-state index is 0.744. The van der Waals surface area contributed by atoms with Crippen molar-refractivity contribution in [1.29, 1.82) is 0 Å². The number of rotatable bonds is 4. The topological polar surface area (TPSA) is 26.3 Å². The first-order valence-corrected chi connectivity index (χ1v) is 3.67. The predicted octanol–water partition coefficient (Wildman–Crippen LogP) is 2.03. The molecule has 0 unspecified atom stereocenters. The van der Waals surface area contributed by atoms with E-state index in [-0.39, 0.29) is 0 Å². The first kappa shape index (κ1) is 12.3. The lowest BCUT2D eigenvalue weighted by Crippen LogP contribution is -1.73. The van der Waals surface area contributed by atoms with E-state index in [1.54, 1.807) is 14.2 Å². The van der Waals surface area contributed by atoms with Gasteiger partial charge >= 0.3 is 0 Å². The fraction of sp³-hybridized carbons (Fsp3) is 0.875. The molecule has 0 aliphatic rings. The lowest BCUT2D eigenvalue weighted by molar-refractivity contribution is -0.107. The Bertz CT molecular complexity index is 53.2. The van der Waals surface area contributed by atoms with Crippen molar-refractivity contribution in [2.75, 3.05) is 14.2 Å². The molecule has 10 heavy (non-hydrogen) atoms. The Kier molecular flexibility index (Phi) is 19.5. The van der Waals surface area contributed by atoms with Crippen LogP contribution in [0.4, 0.5) is 0 Å². The highest BCUT2D eigenvalue weighted by atomic mass is 16.4. The van der Waals surface area contributed by atoms with Gasteiger partial charge in [0.25, 0.3) is 0 Å². The van der Waals surface area contributed by atoms with E-state index >= 15 is 0 Å². The van der Waals surface area contributed by atoms with Crippen molar-refractivity contribution in [2.45, 2.75) is 32.6 Å². The van der Waals surface area contributed by atoms with Gasteiger partial charge in [0.05, 0.1) is 0 Å². The van der Waals surface area contributed by atoms with E-state index in [9.17, 15) is 4.79 Å². The third-order valence-electron chi connectivity index (χ3n) is 0.926. The van der Waals surface area contributed by atoms with E-state index < -0.39 is 0 Å². The van der Waals surface area contributed by atoms with Gasteiger partial charge in [-0.25, -0.2) is 0 Å². The summed E-state index contributed by atoms with van der Waals surface area (Å²) in [5, 5.41) is 0. The number of hydrogen-bond donors (Lipinski definition) is 0. The maximum absolute atomic E-state index is 9.68.